The fourth-order valence-electron chi connectivity index (χ4n) is 2.67. The minimum Gasteiger partial charge on any atom is -0.355 e. The Morgan fingerprint density at radius 1 is 1.27 bits per heavy atom. The predicted octanol–water partition coefficient (Wildman–Crippen LogP) is 2.31. The summed E-state index contributed by atoms with van der Waals surface area (Å²) in [6.45, 7) is 6.46. The molecular weight excluding hydrogens is 296 g/mol. The Balaban J connectivity index is 1.76. The highest BCUT2D eigenvalue weighted by Crippen LogP contribution is 2.27. The number of nitrogens with one attached hydrogen (secondary N) is 1. The topological polar surface area (TPSA) is 58.1 Å². The molecule has 1 aliphatic rings. The van der Waals surface area contributed by atoms with Gasteiger partial charge in [-0.05, 0) is 13.8 Å². The molecule has 22 heavy (non-hydrogen) atoms. The molecule has 5 nitrogen and oxygen atoms in total. The standard InChI is InChI=1S/C16H20N4OS/c1-16(2)10-13(21)17-8-9-20(16)11-14-18-19-15(22-14)12-6-4-3-5-7-12/h3-7H,8-11H2,1-2H3,(H,17,21). The van der Waals surface area contributed by atoms with Gasteiger partial charge in [0, 0.05) is 30.6 Å². The van der Waals surface area contributed by atoms with E-state index in [0.717, 1.165) is 28.7 Å². The number of benzene rings is 1. The molecule has 0 radical (unpaired) electrons. The van der Waals surface area contributed by atoms with E-state index < -0.39 is 0 Å². The van der Waals surface area contributed by atoms with Gasteiger partial charge >= 0.3 is 0 Å². The highest BCUT2D eigenvalue weighted by Gasteiger charge is 2.32. The molecule has 6 heteroatoms. The van der Waals surface area contributed by atoms with E-state index in [2.05, 4.69) is 34.3 Å². The van der Waals surface area contributed by atoms with Crippen LogP contribution in [0.1, 0.15) is 25.3 Å². The number of carbonyl (C=O) groups is 1. The molecule has 0 saturated carbocycles. The first-order valence-electron chi connectivity index (χ1n) is 7.44. The third-order valence-corrected chi connectivity index (χ3v) is 4.92. The minimum atomic E-state index is -0.167. The van der Waals surface area contributed by atoms with E-state index in [-0.39, 0.29) is 11.4 Å². The number of carbonyl (C=O) groups excluding carboxylic acids is 1. The Morgan fingerprint density at radius 2 is 2.05 bits per heavy atom. The van der Waals surface area contributed by atoms with E-state index in [1.54, 1.807) is 11.3 Å². The van der Waals surface area contributed by atoms with Crippen molar-refractivity contribution < 1.29 is 4.79 Å². The van der Waals surface area contributed by atoms with Gasteiger partial charge in [-0.15, -0.1) is 10.2 Å². The Bertz CT molecular complexity index is 653. The molecule has 1 saturated heterocycles. The lowest BCUT2D eigenvalue weighted by atomic mass is 9.98. The van der Waals surface area contributed by atoms with Crippen LogP contribution in [-0.4, -0.2) is 39.6 Å². The number of aromatic nitrogens is 2. The Morgan fingerprint density at radius 3 is 2.82 bits per heavy atom. The van der Waals surface area contributed by atoms with E-state index in [1.165, 1.54) is 0 Å². The maximum atomic E-state index is 11.7. The maximum Gasteiger partial charge on any atom is 0.221 e. The monoisotopic (exact) mass is 316 g/mol. The smallest absolute Gasteiger partial charge is 0.221 e. The van der Waals surface area contributed by atoms with Gasteiger partial charge in [-0.1, -0.05) is 41.7 Å². The van der Waals surface area contributed by atoms with Crippen LogP contribution in [0.4, 0.5) is 0 Å². The minimum absolute atomic E-state index is 0.120. The van der Waals surface area contributed by atoms with Gasteiger partial charge in [0.1, 0.15) is 10.0 Å². The molecule has 1 aliphatic heterocycles. The molecule has 0 bridgehead atoms. The molecular formula is C16H20N4OS. The molecule has 0 aliphatic carbocycles. The first-order valence-corrected chi connectivity index (χ1v) is 8.26. The van der Waals surface area contributed by atoms with Crippen LogP contribution >= 0.6 is 11.3 Å². The molecule has 1 aromatic heterocycles. The summed E-state index contributed by atoms with van der Waals surface area (Å²) < 4.78 is 0. The average molecular weight is 316 g/mol. The quantitative estimate of drug-likeness (QED) is 0.944. The van der Waals surface area contributed by atoms with Crippen molar-refractivity contribution in [3.63, 3.8) is 0 Å². The molecule has 1 N–H and O–H groups in total. The van der Waals surface area contributed by atoms with Crippen molar-refractivity contribution >= 4 is 17.2 Å². The van der Waals surface area contributed by atoms with Crippen LogP contribution in [-0.2, 0) is 11.3 Å². The molecule has 1 amide bonds. The van der Waals surface area contributed by atoms with Crippen LogP contribution in [0.25, 0.3) is 10.6 Å². The summed E-state index contributed by atoms with van der Waals surface area (Å²) in [4.78, 5) is 14.0. The Hall–Kier alpha value is -1.79. The molecule has 3 rings (SSSR count). The van der Waals surface area contributed by atoms with Crippen LogP contribution < -0.4 is 5.32 Å². The zero-order valence-electron chi connectivity index (χ0n) is 12.9. The fourth-order valence-corrected chi connectivity index (χ4v) is 3.53. The maximum absolute atomic E-state index is 11.7. The van der Waals surface area contributed by atoms with E-state index in [9.17, 15) is 4.79 Å². The summed E-state index contributed by atoms with van der Waals surface area (Å²) in [5.41, 5.74) is 0.928. The van der Waals surface area contributed by atoms with Crippen LogP contribution in [0.3, 0.4) is 0 Å². The van der Waals surface area contributed by atoms with Crippen LogP contribution in [0, 0.1) is 0 Å². The van der Waals surface area contributed by atoms with Gasteiger partial charge in [-0.2, -0.15) is 0 Å². The second kappa shape index (κ2) is 6.14. The van der Waals surface area contributed by atoms with Gasteiger partial charge < -0.3 is 5.32 Å². The van der Waals surface area contributed by atoms with E-state index in [0.29, 0.717) is 13.0 Å². The van der Waals surface area contributed by atoms with Gasteiger partial charge in [-0.25, -0.2) is 0 Å². The second-order valence-electron chi connectivity index (χ2n) is 6.13. The SMILES string of the molecule is CC1(C)CC(=O)NCCN1Cc1nnc(-c2ccccc2)s1. The number of nitrogens with zero attached hydrogens (tertiary/aromatic N) is 3. The van der Waals surface area contributed by atoms with E-state index >= 15 is 0 Å². The predicted molar refractivity (Wildman–Crippen MR) is 87.5 cm³/mol. The van der Waals surface area contributed by atoms with Crippen LogP contribution in [0.5, 0.6) is 0 Å². The lowest BCUT2D eigenvalue weighted by Crippen LogP contribution is -2.44. The first kappa shape index (κ1) is 15.1. The zero-order valence-corrected chi connectivity index (χ0v) is 13.7. The summed E-state index contributed by atoms with van der Waals surface area (Å²) in [5, 5.41) is 13.5. The molecule has 0 spiro atoms. The fraction of sp³-hybridized carbons (Fsp3) is 0.438. The van der Waals surface area contributed by atoms with Crippen molar-refractivity contribution in [2.45, 2.75) is 32.4 Å². The average Bonchev–Trinajstić information content (AvgIpc) is 2.90. The molecule has 116 valence electrons. The number of hydrogen-bond acceptors (Lipinski definition) is 5. The molecule has 0 unspecified atom stereocenters. The van der Waals surface area contributed by atoms with Crippen LogP contribution in [0.15, 0.2) is 30.3 Å². The molecule has 2 aromatic rings. The zero-order chi connectivity index (χ0) is 15.6. The number of rotatable bonds is 3. The van der Waals surface area contributed by atoms with Crippen molar-refractivity contribution in [3.8, 4) is 10.6 Å². The van der Waals surface area contributed by atoms with Gasteiger partial charge in [0.2, 0.25) is 5.91 Å². The van der Waals surface area contributed by atoms with Gasteiger partial charge in [0.15, 0.2) is 0 Å². The third-order valence-electron chi connectivity index (χ3n) is 3.97. The van der Waals surface area contributed by atoms with Gasteiger partial charge in [0.05, 0.1) is 6.54 Å². The number of amides is 1. The Kier molecular flexibility index (Phi) is 4.22. The van der Waals surface area contributed by atoms with Crippen molar-refractivity contribution in [2.24, 2.45) is 0 Å². The highest BCUT2D eigenvalue weighted by molar-refractivity contribution is 7.14. The normalized spacial score (nSPS) is 18.7. The van der Waals surface area contributed by atoms with Crippen molar-refractivity contribution in [2.75, 3.05) is 13.1 Å². The lowest BCUT2D eigenvalue weighted by Gasteiger charge is -2.35. The molecule has 0 atom stereocenters. The largest absolute Gasteiger partial charge is 0.355 e. The summed E-state index contributed by atoms with van der Waals surface area (Å²) in [5.74, 6) is 0.120. The van der Waals surface area contributed by atoms with Gasteiger partial charge in [-0.3, -0.25) is 9.69 Å². The van der Waals surface area contributed by atoms with E-state index in [4.69, 9.17) is 0 Å². The van der Waals surface area contributed by atoms with Crippen molar-refractivity contribution in [1.29, 1.82) is 0 Å². The van der Waals surface area contributed by atoms with Gasteiger partial charge in [0.25, 0.3) is 0 Å². The number of hydrogen-bond donors (Lipinski definition) is 1. The van der Waals surface area contributed by atoms with Crippen molar-refractivity contribution in [1.82, 2.24) is 20.4 Å². The summed E-state index contributed by atoms with van der Waals surface area (Å²) in [6, 6.07) is 10.1. The highest BCUT2D eigenvalue weighted by atomic mass is 32.1. The summed E-state index contributed by atoms with van der Waals surface area (Å²) in [7, 11) is 0. The Labute approximate surface area is 134 Å². The first-order chi connectivity index (χ1) is 10.5. The van der Waals surface area contributed by atoms with Crippen molar-refractivity contribution in [3.05, 3.63) is 35.3 Å². The summed E-state index contributed by atoms with van der Waals surface area (Å²) in [6.07, 6.45) is 0.511. The lowest BCUT2D eigenvalue weighted by molar-refractivity contribution is -0.122. The van der Waals surface area contributed by atoms with Crippen LogP contribution in [0.2, 0.25) is 0 Å². The third kappa shape index (κ3) is 3.34. The van der Waals surface area contributed by atoms with E-state index in [1.807, 2.05) is 30.3 Å². The second-order valence-corrected chi connectivity index (χ2v) is 7.19. The molecule has 2 heterocycles. The molecule has 1 fully saturated rings. The summed E-state index contributed by atoms with van der Waals surface area (Å²) >= 11 is 1.62. The molecule has 1 aromatic carbocycles.